The number of anilines is 2. The molecule has 1 saturated heterocycles. The minimum absolute atomic E-state index is 0.206. The first-order valence-corrected chi connectivity index (χ1v) is 11.3. The average Bonchev–Trinajstić information content (AvgIpc) is 3.15. The zero-order valence-corrected chi connectivity index (χ0v) is 17.4. The third-order valence-corrected chi connectivity index (χ3v) is 6.53. The summed E-state index contributed by atoms with van der Waals surface area (Å²) in [6.45, 7) is 5.60. The highest BCUT2D eigenvalue weighted by Gasteiger charge is 2.25. The number of carbonyl (C=O) groups excluding carboxylic acids is 1. The van der Waals surface area contributed by atoms with Crippen LogP contribution in [0.25, 0.3) is 0 Å². The van der Waals surface area contributed by atoms with Crippen LogP contribution in [-0.2, 0) is 4.79 Å². The number of nitrogens with one attached hydrogen (secondary N) is 1. The van der Waals surface area contributed by atoms with E-state index in [1.54, 1.807) is 0 Å². The zero-order valence-electron chi connectivity index (χ0n) is 15.8. The third-order valence-electron chi connectivity index (χ3n) is 4.57. The molecule has 1 amide bonds. The molecule has 0 spiro atoms. The van der Waals surface area contributed by atoms with Crippen molar-refractivity contribution >= 4 is 39.8 Å². The smallest absolute Gasteiger partial charge is 0.233 e. The van der Waals surface area contributed by atoms with E-state index in [-0.39, 0.29) is 5.91 Å². The Labute approximate surface area is 168 Å². The van der Waals surface area contributed by atoms with Gasteiger partial charge in [0.1, 0.15) is 5.75 Å². The van der Waals surface area contributed by atoms with Gasteiger partial charge in [0.15, 0.2) is 4.34 Å². The summed E-state index contributed by atoms with van der Waals surface area (Å²) in [6.07, 6.45) is 4.49. The van der Waals surface area contributed by atoms with Gasteiger partial charge < -0.3 is 15.0 Å². The van der Waals surface area contributed by atoms with Crippen molar-refractivity contribution in [3.63, 3.8) is 0 Å². The second kappa shape index (κ2) is 9.94. The highest BCUT2D eigenvalue weighted by atomic mass is 32.2. The molecule has 146 valence electrons. The Morgan fingerprint density at radius 1 is 1.33 bits per heavy atom. The average molecular weight is 407 g/mol. The number of rotatable bonds is 8. The lowest BCUT2D eigenvalue weighted by molar-refractivity contribution is -0.132. The maximum atomic E-state index is 12.6. The fourth-order valence-electron chi connectivity index (χ4n) is 3.24. The summed E-state index contributed by atoms with van der Waals surface area (Å²) in [6, 6.07) is 8.15. The summed E-state index contributed by atoms with van der Waals surface area (Å²) in [7, 11) is 0. The van der Waals surface area contributed by atoms with Gasteiger partial charge in [-0.2, -0.15) is 0 Å². The van der Waals surface area contributed by atoms with Crippen molar-refractivity contribution in [2.24, 2.45) is 0 Å². The third kappa shape index (κ3) is 5.35. The van der Waals surface area contributed by atoms with E-state index in [2.05, 4.69) is 27.3 Å². The van der Waals surface area contributed by atoms with E-state index in [0.29, 0.717) is 23.5 Å². The molecule has 3 rings (SSSR count). The Morgan fingerprint density at radius 2 is 2.19 bits per heavy atom. The van der Waals surface area contributed by atoms with E-state index in [4.69, 9.17) is 4.74 Å². The molecule has 2 aromatic rings. The highest BCUT2D eigenvalue weighted by Crippen LogP contribution is 2.32. The number of likely N-dealkylation sites (tertiary alicyclic amines) is 1. The van der Waals surface area contributed by atoms with Crippen LogP contribution >= 0.6 is 23.1 Å². The van der Waals surface area contributed by atoms with Gasteiger partial charge in [-0.05, 0) is 44.7 Å². The molecule has 1 aliphatic rings. The number of amides is 1. The van der Waals surface area contributed by atoms with Crippen LogP contribution in [0.1, 0.15) is 39.5 Å². The first-order chi connectivity index (χ1) is 13.2. The molecule has 1 aromatic carbocycles. The van der Waals surface area contributed by atoms with Crippen molar-refractivity contribution in [2.75, 3.05) is 24.2 Å². The van der Waals surface area contributed by atoms with Crippen molar-refractivity contribution in [3.05, 3.63) is 24.3 Å². The first-order valence-electron chi connectivity index (χ1n) is 9.45. The maximum absolute atomic E-state index is 12.6. The Morgan fingerprint density at radius 3 is 3.00 bits per heavy atom. The Balaban J connectivity index is 1.56. The van der Waals surface area contributed by atoms with Gasteiger partial charge in [-0.25, -0.2) is 0 Å². The van der Waals surface area contributed by atoms with Crippen LogP contribution in [0.3, 0.4) is 0 Å². The van der Waals surface area contributed by atoms with Crippen LogP contribution < -0.4 is 10.1 Å². The summed E-state index contributed by atoms with van der Waals surface area (Å²) >= 11 is 2.92. The lowest BCUT2D eigenvalue weighted by atomic mass is 10.0. The summed E-state index contributed by atoms with van der Waals surface area (Å²) in [5, 5.41) is 12.3. The Kier molecular flexibility index (Phi) is 7.34. The SMILES string of the molecule is CCOc1ccccc1Nc1nnc(SCC(=O)N2CCCCC2CC)s1. The molecule has 1 aliphatic heterocycles. The molecule has 8 heteroatoms. The van der Waals surface area contributed by atoms with E-state index >= 15 is 0 Å². The van der Waals surface area contributed by atoms with Crippen LogP contribution in [0, 0.1) is 0 Å². The van der Waals surface area contributed by atoms with Crippen LogP contribution in [0.2, 0.25) is 0 Å². The molecular formula is C19H26N4O2S2. The molecule has 2 heterocycles. The Hall–Kier alpha value is -1.80. The number of hydrogen-bond acceptors (Lipinski definition) is 7. The fraction of sp³-hybridized carbons (Fsp3) is 0.526. The Bertz CT molecular complexity index is 753. The van der Waals surface area contributed by atoms with Gasteiger partial charge >= 0.3 is 0 Å². The number of benzene rings is 1. The molecule has 27 heavy (non-hydrogen) atoms. The van der Waals surface area contributed by atoms with E-state index in [1.165, 1.54) is 29.5 Å². The number of hydrogen-bond donors (Lipinski definition) is 1. The molecule has 6 nitrogen and oxygen atoms in total. The number of para-hydroxylation sites is 2. The molecule has 0 radical (unpaired) electrons. The number of piperidine rings is 1. The van der Waals surface area contributed by atoms with Crippen molar-refractivity contribution in [1.82, 2.24) is 15.1 Å². The standard InChI is InChI=1S/C19H26N4O2S2/c1-3-14-9-7-8-12-23(14)17(24)13-26-19-22-21-18(27-19)20-15-10-5-6-11-16(15)25-4-2/h5-6,10-11,14H,3-4,7-9,12-13H2,1-2H3,(H,20,21). The van der Waals surface area contributed by atoms with Gasteiger partial charge in [0.2, 0.25) is 11.0 Å². The van der Waals surface area contributed by atoms with Gasteiger partial charge in [-0.3, -0.25) is 4.79 Å². The van der Waals surface area contributed by atoms with E-state index in [1.807, 2.05) is 31.2 Å². The lowest BCUT2D eigenvalue weighted by Gasteiger charge is -2.35. The molecule has 0 bridgehead atoms. The molecule has 1 atom stereocenters. The second-order valence-electron chi connectivity index (χ2n) is 6.36. The maximum Gasteiger partial charge on any atom is 0.233 e. The first kappa shape index (κ1) is 19.9. The second-order valence-corrected chi connectivity index (χ2v) is 8.56. The van der Waals surface area contributed by atoms with Gasteiger partial charge in [0.25, 0.3) is 0 Å². The van der Waals surface area contributed by atoms with Crippen molar-refractivity contribution in [1.29, 1.82) is 0 Å². The molecule has 1 unspecified atom stereocenters. The monoisotopic (exact) mass is 406 g/mol. The number of ether oxygens (including phenoxy) is 1. The molecule has 1 aromatic heterocycles. The van der Waals surface area contributed by atoms with Gasteiger partial charge in [0.05, 0.1) is 18.0 Å². The lowest BCUT2D eigenvalue weighted by Crippen LogP contribution is -2.44. The summed E-state index contributed by atoms with van der Waals surface area (Å²) in [5.41, 5.74) is 0.863. The van der Waals surface area contributed by atoms with Crippen LogP contribution in [0.5, 0.6) is 5.75 Å². The van der Waals surface area contributed by atoms with Crippen molar-refractivity contribution < 1.29 is 9.53 Å². The highest BCUT2D eigenvalue weighted by molar-refractivity contribution is 8.01. The summed E-state index contributed by atoms with van der Waals surface area (Å²) in [5.74, 6) is 1.41. The van der Waals surface area contributed by atoms with Crippen molar-refractivity contribution in [3.8, 4) is 5.75 Å². The van der Waals surface area contributed by atoms with Crippen LogP contribution in [0.15, 0.2) is 28.6 Å². The van der Waals surface area contributed by atoms with Crippen LogP contribution in [0.4, 0.5) is 10.8 Å². The number of aromatic nitrogens is 2. The summed E-state index contributed by atoms with van der Waals surface area (Å²) < 4.78 is 6.42. The van der Waals surface area contributed by atoms with E-state index in [9.17, 15) is 4.79 Å². The quantitative estimate of drug-likeness (QED) is 0.648. The predicted octanol–water partition coefficient (Wildman–Crippen LogP) is 4.56. The minimum Gasteiger partial charge on any atom is -0.492 e. The predicted molar refractivity (Wildman–Crippen MR) is 111 cm³/mol. The number of nitrogens with zero attached hydrogens (tertiary/aromatic N) is 3. The largest absolute Gasteiger partial charge is 0.492 e. The number of thioether (sulfide) groups is 1. The molecule has 0 aliphatic carbocycles. The normalized spacial score (nSPS) is 17.0. The number of carbonyl (C=O) groups is 1. The zero-order chi connectivity index (χ0) is 19.1. The molecule has 1 fully saturated rings. The minimum atomic E-state index is 0.206. The molecular weight excluding hydrogens is 380 g/mol. The van der Waals surface area contributed by atoms with E-state index in [0.717, 1.165) is 41.6 Å². The van der Waals surface area contributed by atoms with Gasteiger partial charge in [-0.1, -0.05) is 42.2 Å². The van der Waals surface area contributed by atoms with Crippen LogP contribution in [-0.4, -0.2) is 46.0 Å². The van der Waals surface area contributed by atoms with Crippen molar-refractivity contribution in [2.45, 2.75) is 49.9 Å². The fourth-order valence-corrected chi connectivity index (χ4v) is 4.90. The van der Waals surface area contributed by atoms with Gasteiger partial charge in [-0.15, -0.1) is 10.2 Å². The van der Waals surface area contributed by atoms with E-state index < -0.39 is 0 Å². The topological polar surface area (TPSA) is 67.3 Å². The molecule has 0 saturated carbocycles. The van der Waals surface area contributed by atoms with Gasteiger partial charge in [0, 0.05) is 12.6 Å². The summed E-state index contributed by atoms with van der Waals surface area (Å²) in [4.78, 5) is 14.6. The molecule has 1 N–H and O–H groups in total.